The predicted molar refractivity (Wildman–Crippen MR) is 40.4 cm³/mol. The minimum atomic E-state index is 0.440. The molecule has 0 fully saturated rings. The van der Waals surface area contributed by atoms with E-state index in [9.17, 15) is 0 Å². The fraction of sp³-hybridized carbons (Fsp3) is 0.200. The smallest absolute Gasteiger partial charge is 0.193 e. The van der Waals surface area contributed by atoms with Crippen molar-refractivity contribution in [1.29, 1.82) is 5.53 Å². The first-order valence-electron chi connectivity index (χ1n) is 2.61. The Labute approximate surface area is 62.2 Å². The Kier molecular flexibility index (Phi) is 2.22. The molecular formula is C5H6N4S. The van der Waals surface area contributed by atoms with Gasteiger partial charge in [0.2, 0.25) is 0 Å². The molecule has 0 aromatic carbocycles. The number of rotatable bonds is 2. The van der Waals surface area contributed by atoms with Crippen LogP contribution in [-0.4, -0.2) is 18.2 Å². The van der Waals surface area contributed by atoms with Gasteiger partial charge in [-0.15, -0.1) is 16.5 Å². The summed E-state index contributed by atoms with van der Waals surface area (Å²) in [4.78, 5) is 8.45. The monoisotopic (exact) mass is 154 g/mol. The minimum Gasteiger partial charge on any atom is -0.295 e. The zero-order valence-corrected chi connectivity index (χ0v) is 6.22. The summed E-state index contributed by atoms with van der Waals surface area (Å²) in [5, 5.41) is 3.21. The van der Waals surface area contributed by atoms with Crippen LogP contribution in [0.3, 0.4) is 0 Å². The lowest BCUT2D eigenvalue weighted by Gasteiger charge is -1.82. The van der Waals surface area contributed by atoms with E-state index in [1.807, 2.05) is 0 Å². The van der Waals surface area contributed by atoms with Gasteiger partial charge in [0.25, 0.3) is 0 Å². The third kappa shape index (κ3) is 1.24. The SMILES string of the molecule is C/N=C\c1scnc1N=N. The van der Waals surface area contributed by atoms with Crippen molar-refractivity contribution in [3.8, 4) is 0 Å². The maximum absolute atomic E-state index is 6.69. The van der Waals surface area contributed by atoms with E-state index in [0.29, 0.717) is 5.82 Å². The Morgan fingerprint density at radius 3 is 3.20 bits per heavy atom. The largest absolute Gasteiger partial charge is 0.295 e. The summed E-state index contributed by atoms with van der Waals surface area (Å²) in [7, 11) is 1.67. The van der Waals surface area contributed by atoms with Crippen molar-refractivity contribution in [2.24, 2.45) is 10.1 Å². The van der Waals surface area contributed by atoms with Gasteiger partial charge in [0, 0.05) is 13.3 Å². The predicted octanol–water partition coefficient (Wildman–Crippen LogP) is 1.85. The van der Waals surface area contributed by atoms with E-state index in [4.69, 9.17) is 5.53 Å². The van der Waals surface area contributed by atoms with Crippen LogP contribution in [0.2, 0.25) is 0 Å². The molecule has 4 nitrogen and oxygen atoms in total. The van der Waals surface area contributed by atoms with Crippen LogP contribution in [0.5, 0.6) is 0 Å². The van der Waals surface area contributed by atoms with Crippen molar-refractivity contribution in [2.45, 2.75) is 0 Å². The molecule has 0 aliphatic heterocycles. The standard InChI is InChI=1S/C5H6N4S/c1-7-2-4-5(9-6)8-3-10-4/h2-3,6H,1H3/b7-2-,9-6?. The molecule has 10 heavy (non-hydrogen) atoms. The molecule has 0 unspecified atom stereocenters. The molecule has 0 radical (unpaired) electrons. The van der Waals surface area contributed by atoms with Gasteiger partial charge in [-0.25, -0.2) is 10.5 Å². The summed E-state index contributed by atoms with van der Waals surface area (Å²) >= 11 is 1.42. The second-order valence-electron chi connectivity index (χ2n) is 1.54. The lowest BCUT2D eigenvalue weighted by molar-refractivity contribution is 1.11. The van der Waals surface area contributed by atoms with E-state index in [-0.39, 0.29) is 0 Å². The van der Waals surface area contributed by atoms with Crippen LogP contribution in [0.25, 0.3) is 0 Å². The van der Waals surface area contributed by atoms with Crippen LogP contribution in [-0.2, 0) is 0 Å². The highest BCUT2D eigenvalue weighted by Gasteiger charge is 1.99. The normalized spacial score (nSPS) is 10.5. The van der Waals surface area contributed by atoms with Crippen LogP contribution in [0.4, 0.5) is 5.82 Å². The minimum absolute atomic E-state index is 0.440. The van der Waals surface area contributed by atoms with Gasteiger partial charge in [0.05, 0.1) is 10.4 Å². The summed E-state index contributed by atoms with van der Waals surface area (Å²) in [6, 6.07) is 0. The average Bonchev–Trinajstić information content (AvgIpc) is 2.36. The maximum atomic E-state index is 6.69. The van der Waals surface area contributed by atoms with Crippen molar-refractivity contribution in [3.05, 3.63) is 10.4 Å². The Hall–Kier alpha value is -1.10. The van der Waals surface area contributed by atoms with Crippen LogP contribution < -0.4 is 0 Å². The molecule has 1 aromatic heterocycles. The number of thiazole rings is 1. The van der Waals surface area contributed by atoms with Gasteiger partial charge in [-0.05, 0) is 0 Å². The quantitative estimate of drug-likeness (QED) is 0.512. The molecule has 1 aromatic rings. The molecule has 1 heterocycles. The first kappa shape index (κ1) is 7.01. The van der Waals surface area contributed by atoms with Crippen LogP contribution in [0.15, 0.2) is 15.6 Å². The summed E-state index contributed by atoms with van der Waals surface area (Å²) < 4.78 is 0. The van der Waals surface area contributed by atoms with Crippen LogP contribution in [0.1, 0.15) is 4.88 Å². The number of nitrogens with zero attached hydrogens (tertiary/aromatic N) is 3. The Morgan fingerprint density at radius 2 is 2.60 bits per heavy atom. The van der Waals surface area contributed by atoms with E-state index in [1.165, 1.54) is 11.3 Å². The molecule has 0 atom stereocenters. The summed E-state index contributed by atoms with van der Waals surface area (Å²) in [5.74, 6) is 0.440. The molecule has 0 amide bonds. The fourth-order valence-electron chi connectivity index (χ4n) is 0.539. The highest BCUT2D eigenvalue weighted by molar-refractivity contribution is 7.11. The number of aliphatic imine (C=N–C) groups is 1. The van der Waals surface area contributed by atoms with Crippen molar-refractivity contribution < 1.29 is 0 Å². The van der Waals surface area contributed by atoms with Crippen molar-refractivity contribution >= 4 is 23.4 Å². The molecule has 0 aliphatic carbocycles. The zero-order chi connectivity index (χ0) is 7.40. The van der Waals surface area contributed by atoms with E-state index < -0.39 is 0 Å². The summed E-state index contributed by atoms with van der Waals surface area (Å²) in [5.41, 5.74) is 8.33. The zero-order valence-electron chi connectivity index (χ0n) is 5.40. The van der Waals surface area contributed by atoms with Crippen LogP contribution >= 0.6 is 11.3 Å². The maximum Gasteiger partial charge on any atom is 0.193 e. The second kappa shape index (κ2) is 3.17. The number of hydrogen-bond donors (Lipinski definition) is 1. The van der Waals surface area contributed by atoms with Gasteiger partial charge < -0.3 is 0 Å². The molecule has 1 N–H and O–H groups in total. The Balaban J connectivity index is 3.00. The van der Waals surface area contributed by atoms with E-state index >= 15 is 0 Å². The average molecular weight is 154 g/mol. The third-order valence-electron chi connectivity index (χ3n) is 0.927. The summed E-state index contributed by atoms with van der Waals surface area (Å²) in [6.45, 7) is 0. The fourth-order valence-corrected chi connectivity index (χ4v) is 1.17. The number of aromatic nitrogens is 1. The third-order valence-corrected chi connectivity index (χ3v) is 1.68. The van der Waals surface area contributed by atoms with Gasteiger partial charge in [-0.3, -0.25) is 4.99 Å². The van der Waals surface area contributed by atoms with E-state index in [2.05, 4.69) is 15.1 Å². The van der Waals surface area contributed by atoms with Crippen molar-refractivity contribution in [3.63, 3.8) is 0 Å². The highest BCUT2D eigenvalue weighted by Crippen LogP contribution is 2.18. The number of hydrogen-bond acceptors (Lipinski definition) is 5. The lowest BCUT2D eigenvalue weighted by Crippen LogP contribution is -1.72. The van der Waals surface area contributed by atoms with E-state index in [1.54, 1.807) is 18.8 Å². The molecule has 0 aliphatic rings. The van der Waals surface area contributed by atoms with E-state index in [0.717, 1.165) is 4.88 Å². The molecule has 0 saturated carbocycles. The Morgan fingerprint density at radius 1 is 1.80 bits per heavy atom. The van der Waals surface area contributed by atoms with Gasteiger partial charge >= 0.3 is 0 Å². The Bertz CT molecular complexity index is 252. The molecule has 52 valence electrons. The molecule has 5 heteroatoms. The lowest BCUT2D eigenvalue weighted by atomic mass is 10.5. The van der Waals surface area contributed by atoms with Gasteiger partial charge in [0.1, 0.15) is 0 Å². The first-order chi connectivity index (χ1) is 4.88. The second-order valence-corrected chi connectivity index (χ2v) is 2.43. The molecule has 1 rings (SSSR count). The highest BCUT2D eigenvalue weighted by atomic mass is 32.1. The molecule has 0 spiro atoms. The summed E-state index contributed by atoms with van der Waals surface area (Å²) in [6.07, 6.45) is 1.64. The topological polar surface area (TPSA) is 61.5 Å². The molecule has 0 saturated heterocycles. The van der Waals surface area contributed by atoms with Crippen molar-refractivity contribution in [1.82, 2.24) is 4.98 Å². The van der Waals surface area contributed by atoms with Gasteiger partial charge in [-0.2, -0.15) is 0 Å². The van der Waals surface area contributed by atoms with Crippen molar-refractivity contribution in [2.75, 3.05) is 7.05 Å². The molecular weight excluding hydrogens is 148 g/mol. The van der Waals surface area contributed by atoms with Gasteiger partial charge in [-0.1, -0.05) is 0 Å². The molecule has 0 bridgehead atoms. The first-order valence-corrected chi connectivity index (χ1v) is 3.49. The van der Waals surface area contributed by atoms with Gasteiger partial charge in [0.15, 0.2) is 5.82 Å². The van der Waals surface area contributed by atoms with Crippen LogP contribution in [0, 0.1) is 5.53 Å². The number of nitrogens with one attached hydrogen (secondary N) is 1.